The van der Waals surface area contributed by atoms with Crippen LogP contribution < -0.4 is 4.72 Å². The van der Waals surface area contributed by atoms with Gasteiger partial charge in [-0.05, 0) is 37.4 Å². The molecule has 0 unspecified atom stereocenters. The van der Waals surface area contributed by atoms with Gasteiger partial charge >= 0.3 is 0 Å². The minimum Gasteiger partial charge on any atom is -0.280 e. The maximum Gasteiger partial charge on any atom is 0.273 e. The minimum atomic E-state index is -3.93. The van der Waals surface area contributed by atoms with Crippen LogP contribution in [-0.2, 0) is 10.0 Å². The fraction of sp³-hybridized carbons (Fsp3) is 0.133. The van der Waals surface area contributed by atoms with Crippen molar-refractivity contribution < 1.29 is 13.3 Å². The Labute approximate surface area is 152 Å². The van der Waals surface area contributed by atoms with Gasteiger partial charge in [0.05, 0.1) is 25.7 Å². The molecule has 25 heavy (non-hydrogen) atoms. The van der Waals surface area contributed by atoms with Gasteiger partial charge in [-0.2, -0.15) is 0 Å². The molecule has 7 nitrogen and oxygen atoms in total. The maximum absolute atomic E-state index is 12.5. The number of aromatic nitrogens is 1. The lowest BCUT2D eigenvalue weighted by molar-refractivity contribution is -0.385. The molecule has 0 aliphatic carbocycles. The van der Waals surface area contributed by atoms with Crippen LogP contribution in [0, 0.1) is 17.0 Å². The zero-order valence-electron chi connectivity index (χ0n) is 13.2. The van der Waals surface area contributed by atoms with E-state index >= 15 is 0 Å². The van der Waals surface area contributed by atoms with Crippen LogP contribution in [0.15, 0.2) is 45.6 Å². The lowest BCUT2D eigenvalue weighted by Crippen LogP contribution is -2.13. The summed E-state index contributed by atoms with van der Waals surface area (Å²) in [7, 11) is -3.93. The quantitative estimate of drug-likeness (QED) is 0.397. The van der Waals surface area contributed by atoms with Crippen LogP contribution in [0.1, 0.15) is 5.56 Å². The molecule has 0 aliphatic heterocycles. The summed E-state index contributed by atoms with van der Waals surface area (Å²) in [6.45, 7) is 1.56. The molecule has 0 bridgehead atoms. The molecule has 3 rings (SSSR count). The summed E-state index contributed by atoms with van der Waals surface area (Å²) in [6.07, 6.45) is 1.92. The summed E-state index contributed by atoms with van der Waals surface area (Å²) in [5.74, 6) is 0. The molecule has 0 spiro atoms. The van der Waals surface area contributed by atoms with E-state index in [1.165, 1.54) is 35.2 Å². The highest BCUT2D eigenvalue weighted by Crippen LogP contribution is 2.31. The Hall–Kier alpha value is -2.17. The Morgan fingerprint density at radius 2 is 2.00 bits per heavy atom. The molecule has 0 amide bonds. The molecule has 0 atom stereocenters. The minimum absolute atomic E-state index is 0.154. The van der Waals surface area contributed by atoms with Crippen molar-refractivity contribution in [2.24, 2.45) is 0 Å². The Balaban J connectivity index is 1.96. The number of nitrogens with one attached hydrogen (secondary N) is 1. The van der Waals surface area contributed by atoms with E-state index in [2.05, 4.69) is 9.71 Å². The molecule has 0 fully saturated rings. The Morgan fingerprint density at radius 3 is 2.68 bits per heavy atom. The van der Waals surface area contributed by atoms with Crippen LogP contribution in [0.25, 0.3) is 10.2 Å². The second-order valence-corrected chi connectivity index (χ2v) is 8.94. The van der Waals surface area contributed by atoms with E-state index in [4.69, 9.17) is 0 Å². The third kappa shape index (κ3) is 3.60. The highest BCUT2D eigenvalue weighted by Gasteiger charge is 2.20. The number of rotatable bonds is 5. The smallest absolute Gasteiger partial charge is 0.273 e. The van der Waals surface area contributed by atoms with Crippen molar-refractivity contribution >= 4 is 54.7 Å². The zero-order chi connectivity index (χ0) is 18.2. The number of nitro benzene ring substituents is 1. The van der Waals surface area contributed by atoms with Gasteiger partial charge in [0.1, 0.15) is 0 Å². The van der Waals surface area contributed by atoms with Crippen LogP contribution in [0.2, 0.25) is 0 Å². The number of sulfonamides is 1. The van der Waals surface area contributed by atoms with Crippen molar-refractivity contribution in [3.8, 4) is 0 Å². The van der Waals surface area contributed by atoms with Gasteiger partial charge in [-0.15, -0.1) is 11.3 Å². The number of nitro groups is 1. The van der Waals surface area contributed by atoms with Gasteiger partial charge in [0.15, 0.2) is 4.34 Å². The van der Waals surface area contributed by atoms with Crippen molar-refractivity contribution in [2.75, 3.05) is 11.0 Å². The predicted molar refractivity (Wildman–Crippen MR) is 100 cm³/mol. The van der Waals surface area contributed by atoms with Crippen molar-refractivity contribution in [1.29, 1.82) is 0 Å². The van der Waals surface area contributed by atoms with E-state index in [1.807, 2.05) is 6.26 Å². The van der Waals surface area contributed by atoms with Crippen molar-refractivity contribution in [3.63, 3.8) is 0 Å². The number of anilines is 1. The zero-order valence-corrected chi connectivity index (χ0v) is 15.7. The van der Waals surface area contributed by atoms with E-state index in [9.17, 15) is 18.5 Å². The number of nitrogens with zero attached hydrogens (tertiary/aromatic N) is 2. The summed E-state index contributed by atoms with van der Waals surface area (Å²) < 4.78 is 29.3. The monoisotopic (exact) mass is 395 g/mol. The average molecular weight is 395 g/mol. The number of thiazole rings is 1. The summed E-state index contributed by atoms with van der Waals surface area (Å²) in [5.41, 5.74) is 1.35. The predicted octanol–water partition coefficient (Wildman–Crippen LogP) is 4.04. The normalized spacial score (nSPS) is 11.6. The molecule has 130 valence electrons. The molecule has 1 aromatic heterocycles. The number of benzene rings is 2. The second kappa shape index (κ2) is 6.62. The fourth-order valence-corrected chi connectivity index (χ4v) is 4.82. The Morgan fingerprint density at radius 1 is 1.24 bits per heavy atom. The number of fused-ring (bicyclic) bond motifs is 1. The molecular formula is C15H13N3O4S3. The topological polar surface area (TPSA) is 102 Å². The third-order valence-electron chi connectivity index (χ3n) is 3.48. The lowest BCUT2D eigenvalue weighted by atomic mass is 10.2. The van der Waals surface area contributed by atoms with E-state index in [1.54, 1.807) is 25.1 Å². The van der Waals surface area contributed by atoms with Gasteiger partial charge in [-0.3, -0.25) is 14.8 Å². The van der Waals surface area contributed by atoms with Gasteiger partial charge in [0.25, 0.3) is 15.7 Å². The van der Waals surface area contributed by atoms with E-state index in [-0.39, 0.29) is 10.6 Å². The first-order valence-electron chi connectivity index (χ1n) is 7.02. The van der Waals surface area contributed by atoms with Gasteiger partial charge < -0.3 is 0 Å². The standard InChI is InChI=1S/C15H13N3O4S3/c1-9-3-5-11(8-13(9)18(19)20)25(21,22)17-10-4-6-12-14(7-10)24-15(16-12)23-2/h3-8,17H,1-2H3. The van der Waals surface area contributed by atoms with Gasteiger partial charge in [-0.1, -0.05) is 17.8 Å². The SMILES string of the molecule is CSc1nc2ccc(NS(=O)(=O)c3ccc(C)c([N+](=O)[O-])c3)cc2s1. The largest absolute Gasteiger partial charge is 0.280 e. The Bertz CT molecular complexity index is 1080. The first-order chi connectivity index (χ1) is 11.8. The molecule has 3 aromatic rings. The molecule has 1 N–H and O–H groups in total. The molecule has 0 saturated carbocycles. The van der Waals surface area contributed by atoms with Crippen LogP contribution in [0.4, 0.5) is 11.4 Å². The highest BCUT2D eigenvalue weighted by molar-refractivity contribution is 8.00. The molecule has 10 heteroatoms. The van der Waals surface area contributed by atoms with Crippen molar-refractivity contribution in [3.05, 3.63) is 52.1 Å². The highest BCUT2D eigenvalue weighted by atomic mass is 32.2. The van der Waals surface area contributed by atoms with Crippen molar-refractivity contribution in [2.45, 2.75) is 16.2 Å². The van der Waals surface area contributed by atoms with Crippen molar-refractivity contribution in [1.82, 2.24) is 4.98 Å². The van der Waals surface area contributed by atoms with Crippen LogP contribution in [0.5, 0.6) is 0 Å². The van der Waals surface area contributed by atoms with Gasteiger partial charge in [0, 0.05) is 11.6 Å². The van der Waals surface area contributed by atoms with Crippen LogP contribution in [0.3, 0.4) is 0 Å². The lowest BCUT2D eigenvalue weighted by Gasteiger charge is -2.08. The first kappa shape index (κ1) is 17.6. The summed E-state index contributed by atoms with van der Waals surface area (Å²) in [4.78, 5) is 14.7. The summed E-state index contributed by atoms with van der Waals surface area (Å²) in [6, 6.07) is 8.89. The Kier molecular flexibility index (Phi) is 4.67. The van der Waals surface area contributed by atoms with Crippen LogP contribution >= 0.6 is 23.1 Å². The number of hydrogen-bond acceptors (Lipinski definition) is 7. The number of thioether (sulfide) groups is 1. The van der Waals surface area contributed by atoms with E-state index in [0.29, 0.717) is 11.3 Å². The van der Waals surface area contributed by atoms with Gasteiger partial charge in [0.2, 0.25) is 0 Å². The molecule has 0 saturated heterocycles. The first-order valence-corrected chi connectivity index (χ1v) is 10.5. The molecular weight excluding hydrogens is 382 g/mol. The number of aryl methyl sites for hydroxylation is 1. The van der Waals surface area contributed by atoms with Gasteiger partial charge in [-0.25, -0.2) is 13.4 Å². The van der Waals surface area contributed by atoms with Crippen LogP contribution in [-0.4, -0.2) is 24.6 Å². The number of hydrogen-bond donors (Lipinski definition) is 1. The maximum atomic E-state index is 12.5. The summed E-state index contributed by atoms with van der Waals surface area (Å²) >= 11 is 2.99. The second-order valence-electron chi connectivity index (χ2n) is 5.18. The molecule has 0 radical (unpaired) electrons. The fourth-order valence-electron chi connectivity index (χ4n) is 2.22. The van der Waals surface area contributed by atoms with E-state index in [0.717, 1.165) is 20.6 Å². The molecule has 0 aliphatic rings. The molecule has 1 heterocycles. The third-order valence-corrected chi connectivity index (χ3v) is 6.87. The molecule has 2 aromatic carbocycles. The average Bonchev–Trinajstić information content (AvgIpc) is 2.96. The van der Waals surface area contributed by atoms with E-state index < -0.39 is 14.9 Å². The summed E-state index contributed by atoms with van der Waals surface area (Å²) in [5, 5.41) is 11.0.